The van der Waals surface area contributed by atoms with Crippen molar-refractivity contribution in [3.8, 4) is 0 Å². The average Bonchev–Trinajstić information content (AvgIpc) is 2.30. The first-order valence-electron chi connectivity index (χ1n) is 6.28. The van der Waals surface area contributed by atoms with E-state index in [9.17, 15) is 9.50 Å². The van der Waals surface area contributed by atoms with Crippen molar-refractivity contribution in [2.45, 2.75) is 37.7 Å². The summed E-state index contributed by atoms with van der Waals surface area (Å²) in [7, 11) is 0. The molecule has 94 valence electrons. The molecule has 1 aromatic carbocycles. The van der Waals surface area contributed by atoms with Gasteiger partial charge in [0.1, 0.15) is 5.82 Å². The van der Waals surface area contributed by atoms with E-state index in [1.54, 1.807) is 12.1 Å². The zero-order valence-corrected chi connectivity index (χ0v) is 10.2. The maximum absolute atomic E-state index is 12.8. The van der Waals surface area contributed by atoms with Gasteiger partial charge in [-0.05, 0) is 49.4 Å². The highest BCUT2D eigenvalue weighted by atomic mass is 19.1. The lowest BCUT2D eigenvalue weighted by atomic mass is 9.83. The molecule has 3 heteroatoms. The lowest BCUT2D eigenvalue weighted by Gasteiger charge is -2.34. The van der Waals surface area contributed by atoms with Crippen LogP contribution in [0.25, 0.3) is 0 Å². The van der Waals surface area contributed by atoms with Gasteiger partial charge >= 0.3 is 0 Å². The minimum Gasteiger partial charge on any atom is -0.389 e. The molecular formula is C14H20FNO. The maximum atomic E-state index is 12.8. The van der Waals surface area contributed by atoms with E-state index in [4.69, 9.17) is 0 Å². The van der Waals surface area contributed by atoms with Crippen molar-refractivity contribution < 1.29 is 9.50 Å². The molecule has 0 spiro atoms. The molecule has 1 heterocycles. The number of hydrogen-bond donors (Lipinski definition) is 2. The van der Waals surface area contributed by atoms with Crippen molar-refractivity contribution in [3.05, 3.63) is 35.6 Å². The minimum absolute atomic E-state index is 0.209. The fourth-order valence-corrected chi connectivity index (χ4v) is 2.61. The van der Waals surface area contributed by atoms with E-state index in [0.717, 1.165) is 31.4 Å². The van der Waals surface area contributed by atoms with E-state index < -0.39 is 5.60 Å². The molecule has 2 atom stereocenters. The summed E-state index contributed by atoms with van der Waals surface area (Å²) in [5.74, 6) is 0.0412. The van der Waals surface area contributed by atoms with Crippen LogP contribution in [0.5, 0.6) is 0 Å². The Kier molecular flexibility index (Phi) is 3.79. The third-order valence-electron chi connectivity index (χ3n) is 3.57. The summed E-state index contributed by atoms with van der Waals surface area (Å²) >= 11 is 0. The molecule has 0 aromatic heterocycles. The lowest BCUT2D eigenvalue weighted by molar-refractivity contribution is 0.00357. The minimum atomic E-state index is -0.605. The van der Waals surface area contributed by atoms with Gasteiger partial charge in [0.05, 0.1) is 5.60 Å². The zero-order chi connectivity index (χ0) is 12.3. The molecule has 17 heavy (non-hydrogen) atoms. The van der Waals surface area contributed by atoms with Crippen LogP contribution in [0.4, 0.5) is 4.39 Å². The van der Waals surface area contributed by atoms with E-state index in [2.05, 4.69) is 12.2 Å². The van der Waals surface area contributed by atoms with E-state index in [-0.39, 0.29) is 11.7 Å². The SMILES string of the molecule is CC(CC1(O)CCCNC1)c1ccc(F)cc1. The van der Waals surface area contributed by atoms with Crippen molar-refractivity contribution in [2.24, 2.45) is 0 Å². The van der Waals surface area contributed by atoms with Crippen LogP contribution < -0.4 is 5.32 Å². The molecule has 1 aromatic rings. The third-order valence-corrected chi connectivity index (χ3v) is 3.57. The van der Waals surface area contributed by atoms with Gasteiger partial charge in [0.25, 0.3) is 0 Å². The lowest BCUT2D eigenvalue weighted by Crippen LogP contribution is -2.46. The first-order valence-corrected chi connectivity index (χ1v) is 6.28. The molecule has 2 rings (SSSR count). The zero-order valence-electron chi connectivity index (χ0n) is 10.2. The van der Waals surface area contributed by atoms with Crippen LogP contribution in [-0.2, 0) is 0 Å². The summed E-state index contributed by atoms with van der Waals surface area (Å²) in [6, 6.07) is 6.57. The Morgan fingerprint density at radius 1 is 1.41 bits per heavy atom. The van der Waals surface area contributed by atoms with Crippen LogP contribution in [0, 0.1) is 5.82 Å². The van der Waals surface area contributed by atoms with Crippen molar-refractivity contribution in [2.75, 3.05) is 13.1 Å². The fraction of sp³-hybridized carbons (Fsp3) is 0.571. The predicted octanol–water partition coefficient (Wildman–Crippen LogP) is 2.43. The van der Waals surface area contributed by atoms with Crippen molar-refractivity contribution >= 4 is 0 Å². The van der Waals surface area contributed by atoms with Gasteiger partial charge in [-0.15, -0.1) is 0 Å². The maximum Gasteiger partial charge on any atom is 0.123 e. The second kappa shape index (κ2) is 5.15. The quantitative estimate of drug-likeness (QED) is 0.846. The van der Waals surface area contributed by atoms with Gasteiger partial charge in [-0.25, -0.2) is 4.39 Å². The highest BCUT2D eigenvalue weighted by Gasteiger charge is 2.31. The Bertz CT molecular complexity index is 357. The standard InChI is InChI=1S/C14H20FNO/c1-11(12-3-5-13(15)6-4-12)9-14(17)7-2-8-16-10-14/h3-6,11,16-17H,2,7-10H2,1H3. The van der Waals surface area contributed by atoms with Crippen LogP contribution in [0.1, 0.15) is 37.7 Å². The Labute approximate surface area is 102 Å². The van der Waals surface area contributed by atoms with Crippen LogP contribution in [0.15, 0.2) is 24.3 Å². The van der Waals surface area contributed by atoms with E-state index in [0.29, 0.717) is 6.54 Å². The predicted molar refractivity (Wildman–Crippen MR) is 66.5 cm³/mol. The number of rotatable bonds is 3. The number of hydrogen-bond acceptors (Lipinski definition) is 2. The Morgan fingerprint density at radius 2 is 2.12 bits per heavy atom. The van der Waals surface area contributed by atoms with E-state index >= 15 is 0 Å². The van der Waals surface area contributed by atoms with E-state index in [1.807, 2.05) is 0 Å². The summed E-state index contributed by atoms with van der Waals surface area (Å²) in [5, 5.41) is 13.7. The number of piperidine rings is 1. The highest BCUT2D eigenvalue weighted by molar-refractivity contribution is 5.20. The van der Waals surface area contributed by atoms with Crippen molar-refractivity contribution in [1.29, 1.82) is 0 Å². The normalized spacial score (nSPS) is 26.8. The van der Waals surface area contributed by atoms with Gasteiger partial charge in [0, 0.05) is 6.54 Å². The molecule has 0 aliphatic carbocycles. The van der Waals surface area contributed by atoms with E-state index in [1.165, 1.54) is 12.1 Å². The summed E-state index contributed by atoms with van der Waals surface area (Å²) in [5.41, 5.74) is 0.483. The second-order valence-electron chi connectivity index (χ2n) is 5.16. The molecule has 0 radical (unpaired) electrons. The molecule has 0 amide bonds. The molecule has 2 unspecified atom stereocenters. The summed E-state index contributed by atoms with van der Waals surface area (Å²) in [4.78, 5) is 0. The van der Waals surface area contributed by atoms with Crippen LogP contribution >= 0.6 is 0 Å². The molecule has 2 N–H and O–H groups in total. The smallest absolute Gasteiger partial charge is 0.123 e. The van der Waals surface area contributed by atoms with Gasteiger partial charge in [0.2, 0.25) is 0 Å². The van der Waals surface area contributed by atoms with Crippen LogP contribution in [0.2, 0.25) is 0 Å². The third kappa shape index (κ3) is 3.27. The number of β-amino-alcohol motifs (C(OH)–C–C–N with tert-alkyl or cyclic N) is 1. The monoisotopic (exact) mass is 237 g/mol. The molecule has 1 aliphatic rings. The van der Waals surface area contributed by atoms with Gasteiger partial charge in [-0.3, -0.25) is 0 Å². The van der Waals surface area contributed by atoms with Crippen molar-refractivity contribution in [3.63, 3.8) is 0 Å². The molecule has 0 saturated carbocycles. The summed E-state index contributed by atoms with van der Waals surface area (Å²) in [6.45, 7) is 3.74. The van der Waals surface area contributed by atoms with Gasteiger partial charge in [-0.1, -0.05) is 19.1 Å². The Hall–Kier alpha value is -0.930. The molecule has 1 saturated heterocycles. The second-order valence-corrected chi connectivity index (χ2v) is 5.16. The molecule has 0 bridgehead atoms. The number of nitrogens with one attached hydrogen (secondary N) is 1. The largest absolute Gasteiger partial charge is 0.389 e. The molecule has 1 aliphatic heterocycles. The molecule has 2 nitrogen and oxygen atoms in total. The number of benzene rings is 1. The van der Waals surface area contributed by atoms with Gasteiger partial charge < -0.3 is 10.4 Å². The average molecular weight is 237 g/mol. The molecular weight excluding hydrogens is 217 g/mol. The van der Waals surface area contributed by atoms with Gasteiger partial charge in [0.15, 0.2) is 0 Å². The first kappa shape index (κ1) is 12.5. The highest BCUT2D eigenvalue weighted by Crippen LogP contribution is 2.30. The number of aliphatic hydroxyl groups is 1. The van der Waals surface area contributed by atoms with Crippen LogP contribution in [-0.4, -0.2) is 23.8 Å². The van der Waals surface area contributed by atoms with Crippen LogP contribution in [0.3, 0.4) is 0 Å². The first-order chi connectivity index (χ1) is 8.09. The van der Waals surface area contributed by atoms with Gasteiger partial charge in [-0.2, -0.15) is 0 Å². The Balaban J connectivity index is 2.00. The number of halogens is 1. The Morgan fingerprint density at radius 3 is 2.71 bits per heavy atom. The topological polar surface area (TPSA) is 32.3 Å². The van der Waals surface area contributed by atoms with Crippen molar-refractivity contribution in [1.82, 2.24) is 5.32 Å². The summed E-state index contributed by atoms with van der Waals surface area (Å²) < 4.78 is 12.8. The summed E-state index contributed by atoms with van der Waals surface area (Å²) in [6.07, 6.45) is 2.60. The fourth-order valence-electron chi connectivity index (χ4n) is 2.61. The molecule has 1 fully saturated rings.